The fourth-order valence-electron chi connectivity index (χ4n) is 2.79. The van der Waals surface area contributed by atoms with Crippen molar-refractivity contribution in [2.45, 2.75) is 25.4 Å². The number of rotatable bonds is 5. The van der Waals surface area contributed by atoms with E-state index < -0.39 is 0 Å². The molecule has 0 aliphatic carbocycles. The predicted octanol–water partition coefficient (Wildman–Crippen LogP) is 2.63. The summed E-state index contributed by atoms with van der Waals surface area (Å²) in [7, 11) is 4.43. The second-order valence-electron chi connectivity index (χ2n) is 5.82. The molecular formula is C16H26ClN3. The summed E-state index contributed by atoms with van der Waals surface area (Å²) in [5, 5.41) is 4.52. The molecule has 2 atom stereocenters. The van der Waals surface area contributed by atoms with Crippen LogP contribution in [0.4, 0.5) is 0 Å². The van der Waals surface area contributed by atoms with Crippen molar-refractivity contribution < 1.29 is 0 Å². The molecule has 0 spiro atoms. The van der Waals surface area contributed by atoms with E-state index in [0.29, 0.717) is 12.1 Å². The fourth-order valence-corrected chi connectivity index (χ4v) is 2.92. The number of piperazine rings is 1. The molecule has 1 aromatic carbocycles. The second-order valence-corrected chi connectivity index (χ2v) is 6.25. The molecule has 0 bridgehead atoms. The maximum Gasteiger partial charge on any atom is 0.0406 e. The Hall–Kier alpha value is -0.610. The highest BCUT2D eigenvalue weighted by molar-refractivity contribution is 6.30. The van der Waals surface area contributed by atoms with Crippen LogP contribution in [0, 0.1) is 0 Å². The van der Waals surface area contributed by atoms with E-state index in [1.807, 2.05) is 12.1 Å². The van der Waals surface area contributed by atoms with Gasteiger partial charge in [0.2, 0.25) is 0 Å². The van der Waals surface area contributed by atoms with Gasteiger partial charge in [-0.05, 0) is 38.2 Å². The molecule has 0 amide bonds. The summed E-state index contributed by atoms with van der Waals surface area (Å²) in [6, 6.07) is 9.20. The molecule has 0 radical (unpaired) electrons. The van der Waals surface area contributed by atoms with E-state index in [1.54, 1.807) is 0 Å². The molecule has 2 unspecified atom stereocenters. The van der Waals surface area contributed by atoms with Crippen LogP contribution in [-0.2, 0) is 0 Å². The number of hydrogen-bond donors (Lipinski definition) is 1. The Morgan fingerprint density at radius 3 is 2.60 bits per heavy atom. The van der Waals surface area contributed by atoms with Crippen molar-refractivity contribution >= 4 is 11.6 Å². The Morgan fingerprint density at radius 2 is 1.95 bits per heavy atom. The number of nitrogens with zero attached hydrogens (tertiary/aromatic N) is 2. The van der Waals surface area contributed by atoms with E-state index in [4.69, 9.17) is 11.6 Å². The van der Waals surface area contributed by atoms with Gasteiger partial charge in [-0.3, -0.25) is 4.90 Å². The summed E-state index contributed by atoms with van der Waals surface area (Å²) in [5.41, 5.74) is 1.32. The number of nitrogens with one attached hydrogen (secondary N) is 1. The number of hydrogen-bond acceptors (Lipinski definition) is 3. The van der Waals surface area contributed by atoms with Crippen molar-refractivity contribution in [2.75, 3.05) is 40.3 Å². The van der Waals surface area contributed by atoms with Crippen LogP contribution in [0.3, 0.4) is 0 Å². The van der Waals surface area contributed by atoms with Crippen LogP contribution in [0.1, 0.15) is 24.9 Å². The van der Waals surface area contributed by atoms with Gasteiger partial charge in [0.1, 0.15) is 0 Å². The Kier molecular flexibility index (Phi) is 5.85. The van der Waals surface area contributed by atoms with Crippen LogP contribution in [-0.4, -0.2) is 56.1 Å². The normalized spacial score (nSPS) is 22.9. The molecule has 1 heterocycles. The minimum atomic E-state index is 0.410. The summed E-state index contributed by atoms with van der Waals surface area (Å²) < 4.78 is 0. The Morgan fingerprint density at radius 1 is 1.25 bits per heavy atom. The first kappa shape index (κ1) is 15.8. The van der Waals surface area contributed by atoms with Crippen LogP contribution in [0.25, 0.3) is 0 Å². The highest BCUT2D eigenvalue weighted by atomic mass is 35.5. The van der Waals surface area contributed by atoms with Crippen LogP contribution < -0.4 is 5.32 Å². The van der Waals surface area contributed by atoms with Crippen molar-refractivity contribution in [2.24, 2.45) is 0 Å². The first-order valence-electron chi connectivity index (χ1n) is 7.47. The lowest BCUT2D eigenvalue weighted by Crippen LogP contribution is -2.54. The standard InChI is InChI=1S/C16H26ClN3/c1-4-16(13-5-7-14(17)8-6-13)18-11-15-12-19(2)9-10-20(15)3/h5-8,15-16,18H,4,9-12H2,1-3H3. The maximum atomic E-state index is 5.96. The third-order valence-corrected chi connectivity index (χ3v) is 4.51. The van der Waals surface area contributed by atoms with Gasteiger partial charge in [0, 0.05) is 43.3 Å². The highest BCUT2D eigenvalue weighted by Gasteiger charge is 2.22. The highest BCUT2D eigenvalue weighted by Crippen LogP contribution is 2.19. The van der Waals surface area contributed by atoms with Gasteiger partial charge in [0.15, 0.2) is 0 Å². The maximum absolute atomic E-state index is 5.96. The Labute approximate surface area is 127 Å². The number of likely N-dealkylation sites (N-methyl/N-ethyl adjacent to an activating group) is 2. The molecule has 4 heteroatoms. The minimum absolute atomic E-state index is 0.410. The van der Waals surface area contributed by atoms with Gasteiger partial charge >= 0.3 is 0 Å². The minimum Gasteiger partial charge on any atom is -0.308 e. The monoisotopic (exact) mass is 295 g/mol. The first-order chi connectivity index (χ1) is 9.60. The van der Waals surface area contributed by atoms with Crippen LogP contribution in [0.15, 0.2) is 24.3 Å². The van der Waals surface area contributed by atoms with E-state index in [1.165, 1.54) is 12.1 Å². The average Bonchev–Trinajstić information content (AvgIpc) is 2.45. The lowest BCUT2D eigenvalue weighted by Gasteiger charge is -2.38. The summed E-state index contributed by atoms with van der Waals surface area (Å²) in [6.45, 7) is 6.72. The van der Waals surface area contributed by atoms with Crippen molar-refractivity contribution in [1.82, 2.24) is 15.1 Å². The van der Waals surface area contributed by atoms with Gasteiger partial charge in [0.25, 0.3) is 0 Å². The van der Waals surface area contributed by atoms with E-state index in [0.717, 1.165) is 31.1 Å². The molecule has 0 aromatic heterocycles. The lowest BCUT2D eigenvalue weighted by atomic mass is 10.0. The second kappa shape index (κ2) is 7.41. The van der Waals surface area contributed by atoms with Crippen molar-refractivity contribution in [3.05, 3.63) is 34.9 Å². The molecule has 2 rings (SSSR count). The summed E-state index contributed by atoms with van der Waals surface area (Å²) in [4.78, 5) is 4.87. The summed E-state index contributed by atoms with van der Waals surface area (Å²) >= 11 is 5.96. The summed E-state index contributed by atoms with van der Waals surface area (Å²) in [5.74, 6) is 0. The molecule has 112 valence electrons. The molecule has 1 N–H and O–H groups in total. The van der Waals surface area contributed by atoms with Gasteiger partial charge in [-0.15, -0.1) is 0 Å². The molecule has 20 heavy (non-hydrogen) atoms. The van der Waals surface area contributed by atoms with Gasteiger partial charge < -0.3 is 10.2 Å². The SMILES string of the molecule is CCC(NCC1CN(C)CCN1C)c1ccc(Cl)cc1. The fraction of sp³-hybridized carbons (Fsp3) is 0.625. The molecular weight excluding hydrogens is 270 g/mol. The van der Waals surface area contributed by atoms with E-state index >= 15 is 0 Å². The number of halogens is 1. The van der Waals surface area contributed by atoms with E-state index in [9.17, 15) is 0 Å². The first-order valence-corrected chi connectivity index (χ1v) is 7.85. The van der Waals surface area contributed by atoms with Gasteiger partial charge in [-0.25, -0.2) is 0 Å². The van der Waals surface area contributed by atoms with E-state index in [2.05, 4.69) is 48.3 Å². The van der Waals surface area contributed by atoms with Crippen LogP contribution >= 0.6 is 11.6 Å². The molecule has 1 fully saturated rings. The summed E-state index contributed by atoms with van der Waals surface area (Å²) in [6.07, 6.45) is 1.09. The van der Waals surface area contributed by atoms with Crippen molar-refractivity contribution in [3.8, 4) is 0 Å². The molecule has 1 aromatic rings. The largest absolute Gasteiger partial charge is 0.308 e. The van der Waals surface area contributed by atoms with Gasteiger partial charge in [-0.2, -0.15) is 0 Å². The Balaban J connectivity index is 1.91. The number of benzene rings is 1. The molecule has 3 nitrogen and oxygen atoms in total. The molecule has 1 saturated heterocycles. The van der Waals surface area contributed by atoms with Crippen molar-refractivity contribution in [1.29, 1.82) is 0 Å². The van der Waals surface area contributed by atoms with Crippen LogP contribution in [0.5, 0.6) is 0 Å². The van der Waals surface area contributed by atoms with Gasteiger partial charge in [-0.1, -0.05) is 30.7 Å². The lowest BCUT2D eigenvalue weighted by molar-refractivity contribution is 0.111. The Bertz CT molecular complexity index is 407. The zero-order valence-corrected chi connectivity index (χ0v) is 13.5. The van der Waals surface area contributed by atoms with Crippen LogP contribution in [0.2, 0.25) is 5.02 Å². The average molecular weight is 296 g/mol. The predicted molar refractivity (Wildman–Crippen MR) is 86.4 cm³/mol. The third-order valence-electron chi connectivity index (χ3n) is 4.26. The van der Waals surface area contributed by atoms with E-state index in [-0.39, 0.29) is 0 Å². The molecule has 0 saturated carbocycles. The zero-order chi connectivity index (χ0) is 14.5. The zero-order valence-electron chi connectivity index (χ0n) is 12.8. The van der Waals surface area contributed by atoms with Crippen molar-refractivity contribution in [3.63, 3.8) is 0 Å². The third kappa shape index (κ3) is 4.19. The quantitative estimate of drug-likeness (QED) is 0.901. The molecule has 1 aliphatic heterocycles. The van der Waals surface area contributed by atoms with Gasteiger partial charge in [0.05, 0.1) is 0 Å². The molecule has 1 aliphatic rings. The topological polar surface area (TPSA) is 18.5 Å². The smallest absolute Gasteiger partial charge is 0.0406 e.